The minimum atomic E-state index is -6.20. The highest BCUT2D eigenvalue weighted by atomic mass is 127. The lowest BCUT2D eigenvalue weighted by atomic mass is 9.84. The maximum absolute atomic E-state index is 13.5. The van der Waals surface area contributed by atoms with Gasteiger partial charge in [0.1, 0.15) is 17.4 Å². The molecule has 1 aromatic carbocycles. The maximum atomic E-state index is 13.5. The molecule has 5 atom stereocenters. The smallest absolute Gasteiger partial charge is 0.364 e. The number of halogens is 5. The number of carbonyl (C=O) groups is 2. The third kappa shape index (κ3) is 4.31. The number of benzene rings is 1. The summed E-state index contributed by atoms with van der Waals surface area (Å²) in [5.41, 5.74) is 0.296. The van der Waals surface area contributed by atoms with E-state index in [-0.39, 0.29) is 12.8 Å². The molecular weight excluding hydrogens is 703 g/mol. The largest absolute Gasteiger partial charge is 0.743 e. The van der Waals surface area contributed by atoms with Crippen molar-refractivity contribution in [2.45, 2.75) is 48.7 Å². The van der Waals surface area contributed by atoms with Crippen LogP contribution in [0.25, 0.3) is 0 Å². The SMILES string of the molecule is O=C1OC2(CC3OC2CC3C(=O)OCCC(F)C(F)(F)S(=O)(=O)[O-])Oc2ccc(I)c(I)c21. The summed E-state index contributed by atoms with van der Waals surface area (Å²) in [7, 11) is -6.20. The summed E-state index contributed by atoms with van der Waals surface area (Å²) in [5, 5.41) is -5.13. The molecule has 33 heavy (non-hydrogen) atoms. The van der Waals surface area contributed by atoms with E-state index in [1.165, 1.54) is 0 Å². The summed E-state index contributed by atoms with van der Waals surface area (Å²) >= 11 is 4.09. The molecule has 2 fully saturated rings. The van der Waals surface area contributed by atoms with Crippen LogP contribution in [0.2, 0.25) is 0 Å². The zero-order valence-electron chi connectivity index (χ0n) is 16.3. The highest BCUT2D eigenvalue weighted by Crippen LogP contribution is 2.51. The van der Waals surface area contributed by atoms with Gasteiger partial charge < -0.3 is 23.5 Å². The zero-order chi connectivity index (χ0) is 24.3. The van der Waals surface area contributed by atoms with Crippen molar-refractivity contribution in [3.63, 3.8) is 0 Å². The first-order valence-electron chi connectivity index (χ1n) is 9.46. The quantitative estimate of drug-likeness (QED) is 0.248. The van der Waals surface area contributed by atoms with E-state index in [1.54, 1.807) is 12.1 Å². The van der Waals surface area contributed by atoms with Gasteiger partial charge in [0.15, 0.2) is 16.3 Å². The predicted octanol–water partition coefficient (Wildman–Crippen LogP) is 2.73. The number of fused-ring (bicyclic) bond motifs is 4. The molecule has 3 heterocycles. The summed E-state index contributed by atoms with van der Waals surface area (Å²) in [5.74, 6) is -3.39. The number of esters is 2. The topological polar surface area (TPSA) is 128 Å². The molecule has 1 spiro atoms. The van der Waals surface area contributed by atoms with Crippen LogP contribution in [0.15, 0.2) is 12.1 Å². The Morgan fingerprint density at radius 1 is 1.33 bits per heavy atom. The van der Waals surface area contributed by atoms with Gasteiger partial charge in [0.2, 0.25) is 0 Å². The molecule has 0 N–H and O–H groups in total. The predicted molar refractivity (Wildman–Crippen MR) is 117 cm³/mol. The Morgan fingerprint density at radius 2 is 2.03 bits per heavy atom. The van der Waals surface area contributed by atoms with E-state index in [4.69, 9.17) is 18.9 Å². The summed E-state index contributed by atoms with van der Waals surface area (Å²) in [6.07, 6.45) is -6.00. The summed E-state index contributed by atoms with van der Waals surface area (Å²) in [6, 6.07) is 3.42. The lowest BCUT2D eigenvalue weighted by Crippen LogP contribution is -2.53. The number of hydrogen-bond donors (Lipinski definition) is 0. The third-order valence-electron chi connectivity index (χ3n) is 5.66. The molecule has 2 saturated heterocycles. The fraction of sp³-hybridized carbons (Fsp3) is 0.556. The molecule has 0 radical (unpaired) electrons. The van der Waals surface area contributed by atoms with Crippen molar-refractivity contribution in [2.75, 3.05) is 6.61 Å². The fourth-order valence-electron chi connectivity index (χ4n) is 4.01. The van der Waals surface area contributed by atoms with Gasteiger partial charge in [0, 0.05) is 13.6 Å². The van der Waals surface area contributed by atoms with Gasteiger partial charge in [-0.25, -0.2) is 17.6 Å². The van der Waals surface area contributed by atoms with Crippen molar-refractivity contribution in [1.29, 1.82) is 0 Å². The van der Waals surface area contributed by atoms with Crippen molar-refractivity contribution in [1.82, 2.24) is 0 Å². The van der Waals surface area contributed by atoms with Crippen LogP contribution < -0.4 is 4.74 Å². The summed E-state index contributed by atoms with van der Waals surface area (Å²) in [6.45, 7) is -0.861. The number of alkyl halides is 3. The first-order valence-corrected chi connectivity index (χ1v) is 13.0. The normalized spacial score (nSPS) is 29.4. The Bertz CT molecular complexity index is 1120. The molecule has 0 saturated carbocycles. The fourth-order valence-corrected chi connectivity index (χ4v) is 5.56. The molecule has 0 aromatic heterocycles. The average Bonchev–Trinajstić information content (AvgIpc) is 3.27. The molecule has 4 rings (SSSR count). The Kier molecular flexibility index (Phi) is 6.59. The molecule has 15 heteroatoms. The number of ether oxygens (including phenoxy) is 4. The van der Waals surface area contributed by atoms with E-state index in [1.807, 2.05) is 22.6 Å². The van der Waals surface area contributed by atoms with E-state index in [2.05, 4.69) is 22.6 Å². The number of hydrogen-bond acceptors (Lipinski definition) is 9. The molecule has 1 aromatic rings. The van der Waals surface area contributed by atoms with Crippen molar-refractivity contribution in [3.8, 4) is 5.75 Å². The molecule has 5 unspecified atom stereocenters. The van der Waals surface area contributed by atoms with Crippen LogP contribution in [0.1, 0.15) is 29.6 Å². The number of rotatable bonds is 6. The van der Waals surface area contributed by atoms with Crippen molar-refractivity contribution in [2.24, 2.45) is 5.92 Å². The molecule has 3 aliphatic rings. The van der Waals surface area contributed by atoms with Crippen LogP contribution in [0.4, 0.5) is 13.2 Å². The van der Waals surface area contributed by atoms with Gasteiger partial charge in [0.05, 0.1) is 25.0 Å². The second-order valence-electron chi connectivity index (χ2n) is 7.69. The van der Waals surface area contributed by atoms with E-state index in [0.29, 0.717) is 14.9 Å². The monoisotopic (exact) mass is 717 g/mol. The lowest BCUT2D eigenvalue weighted by Gasteiger charge is -2.39. The zero-order valence-corrected chi connectivity index (χ0v) is 21.4. The maximum Gasteiger partial charge on any atom is 0.364 e. The first kappa shape index (κ1) is 25.2. The van der Waals surface area contributed by atoms with Crippen molar-refractivity contribution in [3.05, 3.63) is 24.8 Å². The van der Waals surface area contributed by atoms with Crippen molar-refractivity contribution >= 4 is 67.2 Å². The molecule has 182 valence electrons. The minimum Gasteiger partial charge on any atom is -0.743 e. The van der Waals surface area contributed by atoms with Crippen LogP contribution in [0.5, 0.6) is 5.75 Å². The standard InChI is InChI=1S/C18H15F3I2O9S/c19-11(18(20,21)33(26,27)28)3-4-29-15(24)7-5-12-17(6-10(7)30-12)31-9-2-1-8(22)14(23)13(9)16(25)32-17/h1-2,7,10-12H,3-6H2,(H,26,27,28)/p-1. The second-order valence-corrected chi connectivity index (χ2v) is 11.4. The molecule has 9 nitrogen and oxygen atoms in total. The first-order chi connectivity index (χ1) is 15.3. The molecule has 0 aliphatic carbocycles. The van der Waals surface area contributed by atoms with Gasteiger partial charge in [-0.3, -0.25) is 4.79 Å². The Morgan fingerprint density at radius 3 is 2.64 bits per heavy atom. The molecular formula is C18H14F3I2O9S-. The van der Waals surface area contributed by atoms with E-state index < -0.39 is 70.4 Å². The Labute approximate surface area is 212 Å². The van der Waals surface area contributed by atoms with Crippen LogP contribution in [0.3, 0.4) is 0 Å². The highest BCUT2D eigenvalue weighted by Gasteiger charge is 2.64. The van der Waals surface area contributed by atoms with Crippen LogP contribution >= 0.6 is 45.2 Å². The van der Waals surface area contributed by atoms with Gasteiger partial charge in [0.25, 0.3) is 5.79 Å². The van der Waals surface area contributed by atoms with E-state index in [0.717, 1.165) is 3.57 Å². The van der Waals surface area contributed by atoms with Crippen LogP contribution in [-0.2, 0) is 29.1 Å². The second kappa shape index (κ2) is 8.63. The van der Waals surface area contributed by atoms with Gasteiger partial charge in [-0.05, 0) is 63.7 Å². The molecule has 3 aliphatic heterocycles. The minimum absolute atomic E-state index is 0.0173. The van der Waals surface area contributed by atoms with Crippen molar-refractivity contribution < 1.29 is 54.7 Å². The highest BCUT2D eigenvalue weighted by molar-refractivity contribution is 14.1. The molecule has 2 bridgehead atoms. The number of carbonyl (C=O) groups excluding carboxylic acids is 2. The van der Waals surface area contributed by atoms with E-state index in [9.17, 15) is 35.7 Å². The van der Waals surface area contributed by atoms with Gasteiger partial charge in [-0.2, -0.15) is 8.78 Å². The molecule has 0 amide bonds. The lowest BCUT2D eigenvalue weighted by molar-refractivity contribution is -0.186. The van der Waals surface area contributed by atoms with Crippen LogP contribution in [0, 0.1) is 13.1 Å². The Hall–Kier alpha value is -0.920. The van der Waals surface area contributed by atoms with Crippen LogP contribution in [-0.4, -0.2) is 60.9 Å². The summed E-state index contributed by atoms with van der Waals surface area (Å²) < 4.78 is 94.8. The van der Waals surface area contributed by atoms with E-state index >= 15 is 0 Å². The van der Waals surface area contributed by atoms with Gasteiger partial charge in [-0.1, -0.05) is 0 Å². The third-order valence-corrected chi connectivity index (χ3v) is 9.63. The summed E-state index contributed by atoms with van der Waals surface area (Å²) in [4.78, 5) is 25.0. The van der Waals surface area contributed by atoms with Gasteiger partial charge in [-0.15, -0.1) is 0 Å². The average molecular weight is 717 g/mol. The van der Waals surface area contributed by atoms with Gasteiger partial charge >= 0.3 is 17.2 Å². The Balaban J connectivity index is 1.37.